The van der Waals surface area contributed by atoms with Crippen LogP contribution in [-0.4, -0.2) is 4.98 Å². The Morgan fingerprint density at radius 2 is 1.85 bits per heavy atom. The van der Waals surface area contributed by atoms with Crippen molar-refractivity contribution in [2.45, 2.75) is 0 Å². The minimum atomic E-state index is 0.477. The van der Waals surface area contributed by atoms with Crippen LogP contribution in [-0.2, 0) is 0 Å². The van der Waals surface area contributed by atoms with Crippen LogP contribution in [0.2, 0.25) is 5.02 Å². The molecule has 3 aromatic rings. The number of pyridine rings is 1. The number of hydrogen-bond acceptors (Lipinski definition) is 2. The molecule has 0 aliphatic carbocycles. The first-order chi connectivity index (χ1) is 9.65. The van der Waals surface area contributed by atoms with Crippen LogP contribution in [0.5, 0.6) is 11.6 Å². The van der Waals surface area contributed by atoms with E-state index in [1.54, 1.807) is 12.3 Å². The van der Waals surface area contributed by atoms with Crippen molar-refractivity contribution in [1.29, 1.82) is 0 Å². The van der Waals surface area contributed by atoms with Gasteiger partial charge in [0.05, 0.1) is 14.0 Å². The van der Waals surface area contributed by atoms with E-state index >= 15 is 0 Å². The molecule has 1 aromatic heterocycles. The topological polar surface area (TPSA) is 22.1 Å². The maximum Gasteiger partial charge on any atom is 0.233 e. The minimum Gasteiger partial charge on any atom is -0.437 e. The van der Waals surface area contributed by atoms with Crippen molar-refractivity contribution in [3.05, 3.63) is 62.6 Å². The molecule has 2 aromatic carbocycles. The largest absolute Gasteiger partial charge is 0.437 e. The predicted octanol–water partition coefficient (Wildman–Crippen LogP) is 6.21. The Morgan fingerprint density at radius 1 is 1.05 bits per heavy atom. The normalized spacial score (nSPS) is 10.8. The zero-order valence-corrected chi connectivity index (χ0v) is 14.0. The summed E-state index contributed by atoms with van der Waals surface area (Å²) in [5, 5.41) is 2.80. The smallest absolute Gasteiger partial charge is 0.233 e. The molecule has 2 nitrogen and oxygen atoms in total. The fourth-order valence-electron chi connectivity index (χ4n) is 1.87. The second kappa shape index (κ2) is 5.72. The summed E-state index contributed by atoms with van der Waals surface area (Å²) in [5.74, 6) is 1.18. The van der Waals surface area contributed by atoms with Gasteiger partial charge in [-0.15, -0.1) is 0 Å². The maximum absolute atomic E-state index is 5.87. The summed E-state index contributed by atoms with van der Waals surface area (Å²) in [6.07, 6.45) is 1.55. The van der Waals surface area contributed by atoms with Crippen LogP contribution >= 0.6 is 43.5 Å². The molecule has 0 N–H and O–H groups in total. The van der Waals surface area contributed by atoms with Crippen LogP contribution in [0, 0.1) is 0 Å². The first-order valence-corrected chi connectivity index (χ1v) is 7.78. The number of aromatic nitrogens is 1. The van der Waals surface area contributed by atoms with Crippen molar-refractivity contribution in [2.24, 2.45) is 0 Å². The molecule has 100 valence electrons. The molecule has 0 aliphatic rings. The summed E-state index contributed by atoms with van der Waals surface area (Å²) in [4.78, 5) is 4.17. The van der Waals surface area contributed by atoms with Gasteiger partial charge < -0.3 is 4.74 Å². The Balaban J connectivity index is 2.04. The van der Waals surface area contributed by atoms with Crippen molar-refractivity contribution < 1.29 is 4.74 Å². The second-order valence-electron chi connectivity index (χ2n) is 4.14. The van der Waals surface area contributed by atoms with Gasteiger partial charge in [0, 0.05) is 6.20 Å². The van der Waals surface area contributed by atoms with E-state index in [1.807, 2.05) is 30.3 Å². The summed E-state index contributed by atoms with van der Waals surface area (Å²) in [6, 6.07) is 13.8. The highest BCUT2D eigenvalue weighted by atomic mass is 79.9. The molecule has 0 atom stereocenters. The van der Waals surface area contributed by atoms with Crippen molar-refractivity contribution in [2.75, 3.05) is 0 Å². The first-order valence-electron chi connectivity index (χ1n) is 5.81. The van der Waals surface area contributed by atoms with Gasteiger partial charge in [-0.2, -0.15) is 0 Å². The first kappa shape index (κ1) is 13.9. The lowest BCUT2D eigenvalue weighted by Gasteiger charge is -2.10. The molecule has 0 unspecified atom stereocenters. The molecule has 5 heteroatoms. The molecule has 0 saturated heterocycles. The lowest BCUT2D eigenvalue weighted by molar-refractivity contribution is 0.458. The Labute approximate surface area is 138 Å². The van der Waals surface area contributed by atoms with E-state index in [2.05, 4.69) is 42.9 Å². The minimum absolute atomic E-state index is 0.477. The highest BCUT2D eigenvalue weighted by Gasteiger charge is 2.10. The van der Waals surface area contributed by atoms with Gasteiger partial charge >= 0.3 is 0 Å². The van der Waals surface area contributed by atoms with Crippen LogP contribution in [0.4, 0.5) is 0 Å². The molecule has 0 saturated carbocycles. The average Bonchev–Trinajstić information content (AvgIpc) is 2.45. The third-order valence-electron chi connectivity index (χ3n) is 2.81. The Bertz CT molecular complexity index is 792. The third kappa shape index (κ3) is 2.68. The Hall–Kier alpha value is -1.10. The highest BCUT2D eigenvalue weighted by molar-refractivity contribution is 9.11. The number of rotatable bonds is 2. The fraction of sp³-hybridized carbons (Fsp3) is 0. The summed E-state index contributed by atoms with van der Waals surface area (Å²) in [6.45, 7) is 0. The van der Waals surface area contributed by atoms with Gasteiger partial charge in [0.1, 0.15) is 5.75 Å². The van der Waals surface area contributed by atoms with Crippen molar-refractivity contribution in [1.82, 2.24) is 4.98 Å². The van der Waals surface area contributed by atoms with E-state index < -0.39 is 0 Å². The summed E-state index contributed by atoms with van der Waals surface area (Å²) < 4.78 is 7.45. The molecular formula is C15H8Br2ClNO. The van der Waals surface area contributed by atoms with Gasteiger partial charge in [-0.1, -0.05) is 41.9 Å². The lowest BCUT2D eigenvalue weighted by atomic mass is 10.1. The zero-order valence-electron chi connectivity index (χ0n) is 10.1. The van der Waals surface area contributed by atoms with Crippen molar-refractivity contribution in [3.63, 3.8) is 0 Å². The zero-order chi connectivity index (χ0) is 14.1. The SMILES string of the molecule is Clc1cnc(Oc2ccc3ccccc3c2Br)c(Br)c1. The van der Waals surface area contributed by atoms with Crippen LogP contribution in [0.15, 0.2) is 57.6 Å². The summed E-state index contributed by atoms with van der Waals surface area (Å²) in [7, 11) is 0. The van der Waals surface area contributed by atoms with Crippen LogP contribution in [0.25, 0.3) is 10.8 Å². The highest BCUT2D eigenvalue weighted by Crippen LogP contribution is 2.37. The molecule has 0 spiro atoms. The molecule has 0 radical (unpaired) electrons. The second-order valence-corrected chi connectivity index (χ2v) is 6.23. The lowest BCUT2D eigenvalue weighted by Crippen LogP contribution is -1.90. The van der Waals surface area contributed by atoms with Crippen molar-refractivity contribution in [3.8, 4) is 11.6 Å². The average molecular weight is 413 g/mol. The van der Waals surface area contributed by atoms with E-state index in [4.69, 9.17) is 16.3 Å². The maximum atomic E-state index is 5.87. The van der Waals surface area contributed by atoms with Gasteiger partial charge in [0.15, 0.2) is 0 Å². The number of fused-ring (bicyclic) bond motifs is 1. The Kier molecular flexibility index (Phi) is 3.96. The van der Waals surface area contributed by atoms with Gasteiger partial charge in [-0.05, 0) is 54.8 Å². The molecule has 3 rings (SSSR count). The van der Waals surface area contributed by atoms with Gasteiger partial charge in [0.2, 0.25) is 5.88 Å². The molecule has 0 fully saturated rings. The number of halogens is 3. The van der Waals surface area contributed by atoms with Crippen LogP contribution in [0.3, 0.4) is 0 Å². The van der Waals surface area contributed by atoms with Crippen LogP contribution < -0.4 is 4.74 Å². The molecular weight excluding hydrogens is 405 g/mol. The molecule has 1 heterocycles. The van der Waals surface area contributed by atoms with E-state index in [-0.39, 0.29) is 0 Å². The standard InChI is InChI=1S/C15H8Br2ClNO/c16-12-7-10(18)8-19-15(12)20-13-6-5-9-3-1-2-4-11(9)14(13)17/h1-8H. The quantitative estimate of drug-likeness (QED) is 0.499. The van der Waals surface area contributed by atoms with Crippen molar-refractivity contribution >= 4 is 54.2 Å². The molecule has 20 heavy (non-hydrogen) atoms. The van der Waals surface area contributed by atoms with Gasteiger partial charge in [-0.25, -0.2) is 4.98 Å². The summed E-state index contributed by atoms with van der Waals surface area (Å²) >= 11 is 12.8. The van der Waals surface area contributed by atoms with Crippen LogP contribution in [0.1, 0.15) is 0 Å². The summed E-state index contributed by atoms with van der Waals surface area (Å²) in [5.41, 5.74) is 0. The predicted molar refractivity (Wildman–Crippen MR) is 88.7 cm³/mol. The van der Waals surface area contributed by atoms with E-state index in [1.165, 1.54) is 0 Å². The number of benzene rings is 2. The molecule has 0 bridgehead atoms. The molecule has 0 amide bonds. The van der Waals surface area contributed by atoms with Gasteiger partial charge in [-0.3, -0.25) is 0 Å². The third-order valence-corrected chi connectivity index (χ3v) is 4.40. The number of hydrogen-bond donors (Lipinski definition) is 0. The molecule has 0 aliphatic heterocycles. The van der Waals surface area contributed by atoms with Gasteiger partial charge in [0.25, 0.3) is 0 Å². The fourth-order valence-corrected chi connectivity index (χ4v) is 3.17. The number of nitrogens with zero attached hydrogens (tertiary/aromatic N) is 1. The van der Waals surface area contributed by atoms with E-state index in [0.29, 0.717) is 21.1 Å². The van der Waals surface area contributed by atoms with E-state index in [9.17, 15) is 0 Å². The number of ether oxygens (including phenoxy) is 1. The Morgan fingerprint density at radius 3 is 2.65 bits per heavy atom. The van der Waals surface area contributed by atoms with E-state index in [0.717, 1.165) is 15.2 Å². The monoisotopic (exact) mass is 411 g/mol.